The molecule has 1 heterocycles. The Balaban J connectivity index is 1.78. The van der Waals surface area contributed by atoms with Crippen LogP contribution in [0.1, 0.15) is 25.7 Å². The zero-order valence-corrected chi connectivity index (χ0v) is 12.6. The van der Waals surface area contributed by atoms with E-state index in [0.29, 0.717) is 6.61 Å². The molecule has 4 heteroatoms. The maximum Gasteiger partial charge on any atom is 0.111 e. The molecular formula is C17H25NO3. The molecule has 1 aliphatic heterocycles. The summed E-state index contributed by atoms with van der Waals surface area (Å²) in [5.74, 6) is 0.286. The molecule has 4 nitrogen and oxygen atoms in total. The number of hydrogen-bond donors (Lipinski definition) is 2. The van der Waals surface area contributed by atoms with Crippen molar-refractivity contribution in [1.82, 2.24) is 0 Å². The zero-order chi connectivity index (χ0) is 14.7. The Bertz CT molecular complexity index is 453. The highest BCUT2D eigenvalue weighted by Crippen LogP contribution is 2.42. The van der Waals surface area contributed by atoms with Crippen molar-refractivity contribution in [2.24, 2.45) is 5.92 Å². The number of benzene rings is 1. The molecule has 0 radical (unpaired) electrons. The monoisotopic (exact) mass is 291 g/mol. The van der Waals surface area contributed by atoms with Crippen LogP contribution in [-0.2, 0) is 9.47 Å². The van der Waals surface area contributed by atoms with Crippen molar-refractivity contribution in [3.63, 3.8) is 0 Å². The van der Waals surface area contributed by atoms with Crippen molar-refractivity contribution in [3.05, 3.63) is 30.3 Å². The summed E-state index contributed by atoms with van der Waals surface area (Å²) in [6.07, 6.45) is 3.55. The molecule has 1 saturated carbocycles. The normalized spacial score (nSPS) is 36.0. The zero-order valence-electron chi connectivity index (χ0n) is 12.6. The van der Waals surface area contributed by atoms with Gasteiger partial charge in [0.15, 0.2) is 0 Å². The van der Waals surface area contributed by atoms with Crippen LogP contribution in [0.5, 0.6) is 0 Å². The summed E-state index contributed by atoms with van der Waals surface area (Å²) in [5.41, 5.74) is 0.264. The first kappa shape index (κ1) is 14.8. The van der Waals surface area contributed by atoms with Gasteiger partial charge in [-0.2, -0.15) is 0 Å². The first-order valence-electron chi connectivity index (χ1n) is 7.88. The third-order valence-electron chi connectivity index (χ3n) is 4.86. The Kier molecular flexibility index (Phi) is 4.48. The fourth-order valence-corrected chi connectivity index (χ4v) is 3.87. The Morgan fingerprint density at radius 2 is 2.14 bits per heavy atom. The number of aliphatic hydroxyl groups is 1. The molecule has 1 aromatic carbocycles. The second kappa shape index (κ2) is 6.34. The average Bonchev–Trinajstić information content (AvgIpc) is 2.51. The summed E-state index contributed by atoms with van der Waals surface area (Å²) >= 11 is 0. The SMILES string of the molecule is COCC1CC[C@H](Nc2ccccc2)[C@]2(O)CCCOC12. The van der Waals surface area contributed by atoms with E-state index in [2.05, 4.69) is 5.32 Å². The molecule has 3 rings (SSSR count). The van der Waals surface area contributed by atoms with E-state index in [1.807, 2.05) is 30.3 Å². The van der Waals surface area contributed by atoms with E-state index in [-0.39, 0.29) is 18.1 Å². The van der Waals surface area contributed by atoms with Crippen molar-refractivity contribution < 1.29 is 14.6 Å². The molecule has 1 saturated heterocycles. The van der Waals surface area contributed by atoms with Crippen LogP contribution in [0.2, 0.25) is 0 Å². The largest absolute Gasteiger partial charge is 0.385 e. The van der Waals surface area contributed by atoms with Crippen LogP contribution < -0.4 is 5.32 Å². The maximum atomic E-state index is 11.3. The van der Waals surface area contributed by atoms with Gasteiger partial charge in [-0.25, -0.2) is 0 Å². The second-order valence-corrected chi connectivity index (χ2v) is 6.24. The first-order chi connectivity index (χ1) is 10.2. The van der Waals surface area contributed by atoms with E-state index in [1.165, 1.54) is 0 Å². The summed E-state index contributed by atoms with van der Waals surface area (Å²) in [6, 6.07) is 10.2. The summed E-state index contributed by atoms with van der Waals surface area (Å²) in [4.78, 5) is 0. The van der Waals surface area contributed by atoms with Gasteiger partial charge < -0.3 is 19.9 Å². The van der Waals surface area contributed by atoms with Crippen LogP contribution in [0.15, 0.2) is 30.3 Å². The fourth-order valence-electron chi connectivity index (χ4n) is 3.87. The van der Waals surface area contributed by atoms with E-state index in [1.54, 1.807) is 7.11 Å². The van der Waals surface area contributed by atoms with Gasteiger partial charge >= 0.3 is 0 Å². The Hall–Kier alpha value is -1.10. The first-order valence-corrected chi connectivity index (χ1v) is 7.88. The lowest BCUT2D eigenvalue weighted by Gasteiger charge is -2.51. The highest BCUT2D eigenvalue weighted by Gasteiger charge is 2.52. The van der Waals surface area contributed by atoms with Crippen LogP contribution in [0.3, 0.4) is 0 Å². The predicted octanol–water partition coefficient (Wildman–Crippen LogP) is 2.43. The minimum Gasteiger partial charge on any atom is -0.385 e. The minimum absolute atomic E-state index is 0.0401. The minimum atomic E-state index is -0.796. The van der Waals surface area contributed by atoms with Crippen molar-refractivity contribution in [2.45, 2.75) is 43.4 Å². The Labute approximate surface area is 126 Å². The lowest BCUT2D eigenvalue weighted by atomic mass is 9.69. The van der Waals surface area contributed by atoms with Crippen LogP contribution in [0.25, 0.3) is 0 Å². The van der Waals surface area contributed by atoms with Gasteiger partial charge in [0, 0.05) is 25.3 Å². The fraction of sp³-hybridized carbons (Fsp3) is 0.647. The molecule has 2 aliphatic rings. The molecule has 0 bridgehead atoms. The van der Waals surface area contributed by atoms with E-state index < -0.39 is 5.60 Å². The molecule has 2 fully saturated rings. The third kappa shape index (κ3) is 2.93. The summed E-state index contributed by atoms with van der Waals surface area (Å²) < 4.78 is 11.3. The van der Waals surface area contributed by atoms with Gasteiger partial charge in [-0.1, -0.05) is 18.2 Å². The Morgan fingerprint density at radius 1 is 1.33 bits per heavy atom. The van der Waals surface area contributed by atoms with E-state index in [9.17, 15) is 5.11 Å². The topological polar surface area (TPSA) is 50.7 Å². The van der Waals surface area contributed by atoms with Gasteiger partial charge in [0.05, 0.1) is 18.8 Å². The van der Waals surface area contributed by atoms with Gasteiger partial charge in [0.2, 0.25) is 0 Å². The van der Waals surface area contributed by atoms with Crippen molar-refractivity contribution in [1.29, 1.82) is 0 Å². The van der Waals surface area contributed by atoms with Gasteiger partial charge in [0.1, 0.15) is 5.60 Å². The van der Waals surface area contributed by atoms with Crippen molar-refractivity contribution in [2.75, 3.05) is 25.6 Å². The summed E-state index contributed by atoms with van der Waals surface area (Å²) in [7, 11) is 1.72. The molecule has 21 heavy (non-hydrogen) atoms. The third-order valence-corrected chi connectivity index (χ3v) is 4.86. The maximum absolute atomic E-state index is 11.3. The van der Waals surface area contributed by atoms with Gasteiger partial charge in [0.25, 0.3) is 0 Å². The number of nitrogens with one attached hydrogen (secondary N) is 1. The molecule has 116 valence electrons. The van der Waals surface area contributed by atoms with Gasteiger partial charge in [-0.15, -0.1) is 0 Å². The van der Waals surface area contributed by atoms with Crippen molar-refractivity contribution in [3.8, 4) is 0 Å². The van der Waals surface area contributed by atoms with Gasteiger partial charge in [-0.3, -0.25) is 0 Å². The number of rotatable bonds is 4. The van der Waals surface area contributed by atoms with Crippen molar-refractivity contribution >= 4 is 5.69 Å². The average molecular weight is 291 g/mol. The molecule has 0 aromatic heterocycles. The van der Waals surface area contributed by atoms with E-state index in [0.717, 1.165) is 38.0 Å². The number of fused-ring (bicyclic) bond motifs is 1. The predicted molar refractivity (Wildman–Crippen MR) is 82.4 cm³/mol. The molecular weight excluding hydrogens is 266 g/mol. The highest BCUT2D eigenvalue weighted by molar-refractivity contribution is 5.44. The molecule has 2 unspecified atom stereocenters. The smallest absolute Gasteiger partial charge is 0.111 e. The lowest BCUT2D eigenvalue weighted by molar-refractivity contribution is -0.196. The van der Waals surface area contributed by atoms with E-state index in [4.69, 9.17) is 9.47 Å². The van der Waals surface area contributed by atoms with Crippen LogP contribution in [-0.4, -0.2) is 43.2 Å². The second-order valence-electron chi connectivity index (χ2n) is 6.24. The standard InChI is InChI=1S/C17H25NO3/c1-20-12-13-8-9-15(18-14-6-3-2-4-7-14)17(19)10-5-11-21-16(13)17/h2-4,6-7,13,15-16,18-19H,5,8-12H2,1H3/t13?,15-,16?,17+/m0/s1. The van der Waals surface area contributed by atoms with Crippen LogP contribution in [0.4, 0.5) is 5.69 Å². The number of para-hydroxylation sites is 1. The Morgan fingerprint density at radius 3 is 2.90 bits per heavy atom. The van der Waals surface area contributed by atoms with Crippen LogP contribution in [0, 0.1) is 5.92 Å². The van der Waals surface area contributed by atoms with Gasteiger partial charge in [-0.05, 0) is 37.8 Å². The lowest BCUT2D eigenvalue weighted by Crippen LogP contribution is -2.64. The molecule has 1 aliphatic carbocycles. The molecule has 0 amide bonds. The summed E-state index contributed by atoms with van der Waals surface area (Å²) in [6.45, 7) is 1.40. The molecule has 0 spiro atoms. The number of anilines is 1. The highest BCUT2D eigenvalue weighted by atomic mass is 16.5. The number of hydrogen-bond acceptors (Lipinski definition) is 4. The number of methoxy groups -OCH3 is 1. The van der Waals surface area contributed by atoms with E-state index >= 15 is 0 Å². The molecule has 4 atom stereocenters. The number of ether oxygens (including phenoxy) is 2. The molecule has 2 N–H and O–H groups in total. The molecule has 1 aromatic rings. The van der Waals surface area contributed by atoms with Crippen LogP contribution >= 0.6 is 0 Å². The summed E-state index contributed by atoms with van der Waals surface area (Å²) in [5, 5.41) is 14.8. The quantitative estimate of drug-likeness (QED) is 0.894.